The Morgan fingerprint density at radius 2 is 1.73 bits per heavy atom. The average molecular weight is 372 g/mol. The Balaban J connectivity index is 1.89. The van der Waals surface area contributed by atoms with Gasteiger partial charge in [-0.15, -0.1) is 0 Å². The third kappa shape index (κ3) is 3.81. The standard InChI is InChI=1S/C20H24N2O3S/c1-21(2)26(24,25)15-13-19(23)22-14-12-16-8-6-7-11-18(16)20(22)17-9-4-3-5-10-17/h3-11,20H,12-15H2,1-2H3/t20-/m1/s1. The molecule has 1 amide bonds. The highest BCUT2D eigenvalue weighted by Gasteiger charge is 2.32. The number of nitrogens with zero attached hydrogens (tertiary/aromatic N) is 2. The molecule has 2 aromatic carbocycles. The number of hydrogen-bond acceptors (Lipinski definition) is 3. The van der Waals surface area contributed by atoms with E-state index < -0.39 is 10.0 Å². The molecule has 0 aliphatic carbocycles. The third-order valence-electron chi connectivity index (χ3n) is 4.85. The smallest absolute Gasteiger partial charge is 0.224 e. The van der Waals surface area contributed by atoms with Crippen molar-refractivity contribution in [3.05, 3.63) is 71.3 Å². The molecule has 0 aromatic heterocycles. The number of hydrogen-bond donors (Lipinski definition) is 0. The second kappa shape index (κ2) is 7.60. The monoisotopic (exact) mass is 372 g/mol. The molecule has 0 saturated heterocycles. The van der Waals surface area contributed by atoms with E-state index >= 15 is 0 Å². The Labute approximate surface area is 155 Å². The van der Waals surface area contributed by atoms with Crippen LogP contribution in [0, 0.1) is 0 Å². The Bertz CT molecular complexity index is 879. The van der Waals surface area contributed by atoms with Crippen molar-refractivity contribution >= 4 is 15.9 Å². The van der Waals surface area contributed by atoms with Crippen LogP contribution in [0.25, 0.3) is 0 Å². The number of fused-ring (bicyclic) bond motifs is 1. The predicted octanol–water partition coefficient (Wildman–Crippen LogP) is 2.44. The van der Waals surface area contributed by atoms with Crippen LogP contribution in [0.3, 0.4) is 0 Å². The van der Waals surface area contributed by atoms with Crippen molar-refractivity contribution < 1.29 is 13.2 Å². The summed E-state index contributed by atoms with van der Waals surface area (Å²) in [4.78, 5) is 14.7. The summed E-state index contributed by atoms with van der Waals surface area (Å²) in [5.41, 5.74) is 3.41. The molecule has 0 bridgehead atoms. The molecule has 2 aromatic rings. The van der Waals surface area contributed by atoms with E-state index in [1.165, 1.54) is 24.0 Å². The van der Waals surface area contributed by atoms with Crippen LogP contribution in [0.4, 0.5) is 0 Å². The van der Waals surface area contributed by atoms with Crippen LogP contribution < -0.4 is 0 Å². The largest absolute Gasteiger partial charge is 0.331 e. The highest BCUT2D eigenvalue weighted by atomic mass is 32.2. The fourth-order valence-corrected chi connectivity index (χ4v) is 4.17. The van der Waals surface area contributed by atoms with Crippen LogP contribution in [0.15, 0.2) is 54.6 Å². The number of amides is 1. The molecule has 1 heterocycles. The van der Waals surface area contributed by atoms with Gasteiger partial charge in [0, 0.05) is 27.1 Å². The number of carbonyl (C=O) groups excluding carboxylic acids is 1. The molecule has 0 N–H and O–H groups in total. The zero-order chi connectivity index (χ0) is 18.7. The van der Waals surface area contributed by atoms with Crippen molar-refractivity contribution in [3.63, 3.8) is 0 Å². The van der Waals surface area contributed by atoms with Gasteiger partial charge in [-0.25, -0.2) is 12.7 Å². The van der Waals surface area contributed by atoms with Gasteiger partial charge >= 0.3 is 0 Å². The molecule has 0 radical (unpaired) electrons. The fraction of sp³-hybridized carbons (Fsp3) is 0.350. The Kier molecular flexibility index (Phi) is 5.44. The van der Waals surface area contributed by atoms with Crippen LogP contribution in [0.2, 0.25) is 0 Å². The number of benzene rings is 2. The molecule has 6 heteroatoms. The lowest BCUT2D eigenvalue weighted by atomic mass is 9.88. The second-order valence-corrected chi connectivity index (χ2v) is 9.00. The van der Waals surface area contributed by atoms with Crippen LogP contribution >= 0.6 is 0 Å². The van der Waals surface area contributed by atoms with Crippen LogP contribution in [-0.4, -0.2) is 49.9 Å². The minimum Gasteiger partial charge on any atom is -0.331 e. The summed E-state index contributed by atoms with van der Waals surface area (Å²) in [5, 5.41) is 0. The summed E-state index contributed by atoms with van der Waals surface area (Å²) < 4.78 is 25.2. The van der Waals surface area contributed by atoms with E-state index in [1.54, 1.807) is 0 Å². The van der Waals surface area contributed by atoms with Crippen LogP contribution in [0.5, 0.6) is 0 Å². The first-order valence-corrected chi connectivity index (χ1v) is 10.3. The lowest BCUT2D eigenvalue weighted by Gasteiger charge is -2.38. The zero-order valence-electron chi connectivity index (χ0n) is 15.1. The Morgan fingerprint density at radius 1 is 1.08 bits per heavy atom. The summed E-state index contributed by atoms with van der Waals surface area (Å²) in [5.74, 6) is -0.294. The first kappa shape index (κ1) is 18.6. The van der Waals surface area contributed by atoms with Gasteiger partial charge in [-0.1, -0.05) is 54.6 Å². The molecule has 0 saturated carbocycles. The summed E-state index contributed by atoms with van der Waals surface area (Å²) in [7, 11) is -0.409. The predicted molar refractivity (Wildman–Crippen MR) is 102 cm³/mol. The molecule has 3 rings (SSSR count). The van der Waals surface area contributed by atoms with Crippen molar-refractivity contribution in [2.24, 2.45) is 0 Å². The van der Waals surface area contributed by atoms with Gasteiger partial charge in [0.2, 0.25) is 15.9 Å². The highest BCUT2D eigenvalue weighted by molar-refractivity contribution is 7.89. The van der Waals surface area contributed by atoms with Gasteiger partial charge in [0.1, 0.15) is 0 Å². The maximum absolute atomic E-state index is 12.9. The van der Waals surface area contributed by atoms with E-state index in [2.05, 4.69) is 12.1 Å². The van der Waals surface area contributed by atoms with Crippen molar-refractivity contribution in [1.82, 2.24) is 9.21 Å². The van der Waals surface area contributed by atoms with Crippen molar-refractivity contribution in [2.75, 3.05) is 26.4 Å². The highest BCUT2D eigenvalue weighted by Crippen LogP contribution is 2.35. The molecular formula is C20H24N2O3S. The van der Waals surface area contributed by atoms with E-state index in [9.17, 15) is 13.2 Å². The number of carbonyl (C=O) groups is 1. The number of sulfonamides is 1. The first-order chi connectivity index (χ1) is 12.4. The van der Waals surface area contributed by atoms with E-state index in [1.807, 2.05) is 47.4 Å². The molecule has 1 aliphatic rings. The van der Waals surface area contributed by atoms with E-state index in [0.717, 1.165) is 17.5 Å². The van der Waals surface area contributed by atoms with Gasteiger partial charge in [-0.3, -0.25) is 4.79 Å². The number of rotatable bonds is 5. The van der Waals surface area contributed by atoms with Gasteiger partial charge in [0.05, 0.1) is 11.8 Å². The van der Waals surface area contributed by atoms with E-state index in [4.69, 9.17) is 0 Å². The summed E-state index contributed by atoms with van der Waals surface area (Å²) in [6.45, 7) is 0.595. The summed E-state index contributed by atoms with van der Waals surface area (Å²) in [6.07, 6.45) is 0.775. The van der Waals surface area contributed by atoms with Gasteiger partial charge in [-0.05, 0) is 23.1 Å². The van der Waals surface area contributed by atoms with E-state index in [-0.39, 0.29) is 24.1 Å². The molecule has 0 spiro atoms. The SMILES string of the molecule is CN(C)S(=O)(=O)CCC(=O)N1CCc2ccccc2[C@H]1c1ccccc1. The molecule has 1 aliphatic heterocycles. The van der Waals surface area contributed by atoms with Gasteiger partial charge in [0.15, 0.2) is 0 Å². The first-order valence-electron chi connectivity index (χ1n) is 8.72. The molecule has 5 nitrogen and oxygen atoms in total. The summed E-state index contributed by atoms with van der Waals surface area (Å²) in [6, 6.07) is 17.9. The lowest BCUT2D eigenvalue weighted by molar-refractivity contribution is -0.132. The zero-order valence-corrected chi connectivity index (χ0v) is 15.9. The average Bonchev–Trinajstić information content (AvgIpc) is 2.65. The maximum atomic E-state index is 12.9. The molecule has 0 unspecified atom stereocenters. The van der Waals surface area contributed by atoms with Crippen molar-refractivity contribution in [2.45, 2.75) is 18.9 Å². The normalized spacial score (nSPS) is 17.2. The van der Waals surface area contributed by atoms with Crippen LogP contribution in [0.1, 0.15) is 29.2 Å². The summed E-state index contributed by atoms with van der Waals surface area (Å²) >= 11 is 0. The molecule has 138 valence electrons. The van der Waals surface area contributed by atoms with Crippen molar-refractivity contribution in [3.8, 4) is 0 Å². The minimum absolute atomic E-state index is 0.00792. The van der Waals surface area contributed by atoms with Crippen LogP contribution in [-0.2, 0) is 21.2 Å². The van der Waals surface area contributed by atoms with E-state index in [0.29, 0.717) is 6.54 Å². The van der Waals surface area contributed by atoms with Gasteiger partial charge < -0.3 is 4.90 Å². The molecule has 26 heavy (non-hydrogen) atoms. The third-order valence-corrected chi connectivity index (χ3v) is 6.68. The topological polar surface area (TPSA) is 57.7 Å². The second-order valence-electron chi connectivity index (χ2n) is 6.70. The maximum Gasteiger partial charge on any atom is 0.224 e. The molecule has 1 atom stereocenters. The van der Waals surface area contributed by atoms with Gasteiger partial charge in [0.25, 0.3) is 0 Å². The Morgan fingerprint density at radius 3 is 2.42 bits per heavy atom. The fourth-order valence-electron chi connectivity index (χ4n) is 3.37. The molecule has 0 fully saturated rings. The molecular weight excluding hydrogens is 348 g/mol. The lowest BCUT2D eigenvalue weighted by Crippen LogP contribution is -2.41. The minimum atomic E-state index is -3.39. The van der Waals surface area contributed by atoms with Gasteiger partial charge in [-0.2, -0.15) is 0 Å². The van der Waals surface area contributed by atoms with Crippen molar-refractivity contribution in [1.29, 1.82) is 0 Å². The Hall–Kier alpha value is -2.18. The quantitative estimate of drug-likeness (QED) is 0.810.